The second-order valence-electron chi connectivity index (χ2n) is 3.44. The monoisotopic (exact) mass is 157 g/mol. The van der Waals surface area contributed by atoms with Crippen LogP contribution in [0.5, 0.6) is 0 Å². The van der Waals surface area contributed by atoms with E-state index in [1.807, 2.05) is 7.05 Å². The Bertz CT molecular complexity index is 112. The molecule has 1 heterocycles. The Balaban J connectivity index is 2.34. The molecule has 0 amide bonds. The van der Waals surface area contributed by atoms with Crippen molar-refractivity contribution in [2.45, 2.75) is 38.8 Å². The largest absolute Gasteiger partial charge is 0.378 e. The lowest BCUT2D eigenvalue weighted by Crippen LogP contribution is -2.33. The molecule has 0 bridgehead atoms. The Hall–Kier alpha value is -0.0800. The highest BCUT2D eigenvalue weighted by Crippen LogP contribution is 2.23. The lowest BCUT2D eigenvalue weighted by Gasteiger charge is -2.19. The lowest BCUT2D eigenvalue weighted by molar-refractivity contribution is 0.117. The van der Waals surface area contributed by atoms with E-state index in [9.17, 15) is 0 Å². The maximum absolute atomic E-state index is 5.51. The molecule has 0 aliphatic carbocycles. The normalized spacial score (nSPS) is 34.1. The van der Waals surface area contributed by atoms with Crippen molar-refractivity contribution in [2.24, 2.45) is 5.92 Å². The molecule has 1 saturated heterocycles. The van der Waals surface area contributed by atoms with Crippen molar-refractivity contribution in [1.82, 2.24) is 5.32 Å². The molecule has 2 heteroatoms. The molecule has 0 aromatic carbocycles. The quantitative estimate of drug-likeness (QED) is 0.669. The average Bonchev–Trinajstić information content (AvgIpc) is 2.39. The minimum atomic E-state index is 0.474. The molecule has 66 valence electrons. The van der Waals surface area contributed by atoms with Crippen molar-refractivity contribution in [3.8, 4) is 0 Å². The van der Waals surface area contributed by atoms with Crippen LogP contribution in [0, 0.1) is 5.92 Å². The maximum Gasteiger partial charge on any atom is 0.0551 e. The molecule has 3 unspecified atom stereocenters. The highest BCUT2D eigenvalue weighted by molar-refractivity contribution is 4.80. The van der Waals surface area contributed by atoms with Crippen LogP contribution < -0.4 is 5.32 Å². The molecule has 1 N–H and O–H groups in total. The van der Waals surface area contributed by atoms with Gasteiger partial charge in [-0.1, -0.05) is 6.92 Å². The smallest absolute Gasteiger partial charge is 0.0551 e. The third-order valence-corrected chi connectivity index (χ3v) is 2.61. The molecule has 0 radical (unpaired) electrons. The van der Waals surface area contributed by atoms with E-state index in [2.05, 4.69) is 19.2 Å². The molecule has 1 aliphatic heterocycles. The average molecular weight is 157 g/mol. The zero-order valence-corrected chi connectivity index (χ0v) is 7.76. The van der Waals surface area contributed by atoms with E-state index in [0.29, 0.717) is 12.1 Å². The van der Waals surface area contributed by atoms with Crippen LogP contribution in [0.15, 0.2) is 0 Å². The van der Waals surface area contributed by atoms with E-state index >= 15 is 0 Å². The Morgan fingerprint density at radius 3 is 2.73 bits per heavy atom. The minimum Gasteiger partial charge on any atom is -0.378 e. The van der Waals surface area contributed by atoms with E-state index in [0.717, 1.165) is 12.5 Å². The van der Waals surface area contributed by atoms with Crippen LogP contribution in [0.4, 0.5) is 0 Å². The van der Waals surface area contributed by atoms with Crippen LogP contribution in [0.1, 0.15) is 26.7 Å². The summed E-state index contributed by atoms with van der Waals surface area (Å²) in [4.78, 5) is 0. The van der Waals surface area contributed by atoms with Gasteiger partial charge in [-0.15, -0.1) is 0 Å². The van der Waals surface area contributed by atoms with Gasteiger partial charge >= 0.3 is 0 Å². The van der Waals surface area contributed by atoms with Crippen molar-refractivity contribution in [3.63, 3.8) is 0 Å². The minimum absolute atomic E-state index is 0.474. The molecule has 11 heavy (non-hydrogen) atoms. The van der Waals surface area contributed by atoms with Gasteiger partial charge in [-0.05, 0) is 26.8 Å². The Kier molecular flexibility index (Phi) is 3.34. The fraction of sp³-hybridized carbons (Fsp3) is 1.00. The third-order valence-electron chi connectivity index (χ3n) is 2.61. The summed E-state index contributed by atoms with van der Waals surface area (Å²) in [7, 11) is 2.04. The summed E-state index contributed by atoms with van der Waals surface area (Å²) in [6, 6.07) is 0.653. The van der Waals surface area contributed by atoms with Crippen LogP contribution in [-0.2, 0) is 4.74 Å². The highest BCUT2D eigenvalue weighted by atomic mass is 16.5. The number of nitrogens with one attached hydrogen (secondary N) is 1. The van der Waals surface area contributed by atoms with Gasteiger partial charge in [-0.3, -0.25) is 0 Å². The first-order chi connectivity index (χ1) is 5.27. The number of hydrogen-bond acceptors (Lipinski definition) is 2. The molecular formula is C9H19NO. The molecule has 1 fully saturated rings. The van der Waals surface area contributed by atoms with E-state index < -0.39 is 0 Å². The number of rotatable bonds is 3. The molecular weight excluding hydrogens is 138 g/mol. The molecule has 0 saturated carbocycles. The van der Waals surface area contributed by atoms with Crippen LogP contribution in [0.2, 0.25) is 0 Å². The SMILES string of the molecule is CCC(NC)C1COC(C)C1. The standard InChI is InChI=1S/C9H19NO/c1-4-9(10-3)8-5-7(2)11-6-8/h7-10H,4-6H2,1-3H3. The Morgan fingerprint density at radius 1 is 1.64 bits per heavy atom. The summed E-state index contributed by atoms with van der Waals surface area (Å²) < 4.78 is 5.51. The highest BCUT2D eigenvalue weighted by Gasteiger charge is 2.27. The van der Waals surface area contributed by atoms with Crippen molar-refractivity contribution in [1.29, 1.82) is 0 Å². The summed E-state index contributed by atoms with van der Waals surface area (Å²) in [6.07, 6.45) is 2.90. The fourth-order valence-corrected chi connectivity index (χ4v) is 1.90. The van der Waals surface area contributed by atoms with Gasteiger partial charge in [0.15, 0.2) is 0 Å². The van der Waals surface area contributed by atoms with Crippen LogP contribution in [0.3, 0.4) is 0 Å². The molecule has 1 rings (SSSR count). The lowest BCUT2D eigenvalue weighted by atomic mass is 9.95. The Morgan fingerprint density at radius 2 is 2.36 bits per heavy atom. The van der Waals surface area contributed by atoms with Gasteiger partial charge in [0.1, 0.15) is 0 Å². The predicted molar refractivity (Wildman–Crippen MR) is 46.7 cm³/mol. The van der Waals surface area contributed by atoms with E-state index in [4.69, 9.17) is 4.74 Å². The third kappa shape index (κ3) is 2.17. The first-order valence-electron chi connectivity index (χ1n) is 4.56. The zero-order valence-electron chi connectivity index (χ0n) is 7.76. The number of ether oxygens (including phenoxy) is 1. The molecule has 0 aromatic rings. The predicted octanol–water partition coefficient (Wildman–Crippen LogP) is 1.41. The van der Waals surface area contributed by atoms with Crippen LogP contribution in [0.25, 0.3) is 0 Å². The first-order valence-corrected chi connectivity index (χ1v) is 4.56. The van der Waals surface area contributed by atoms with Gasteiger partial charge < -0.3 is 10.1 Å². The van der Waals surface area contributed by atoms with Gasteiger partial charge in [0.25, 0.3) is 0 Å². The summed E-state index contributed by atoms with van der Waals surface area (Å²) >= 11 is 0. The molecule has 3 atom stereocenters. The van der Waals surface area contributed by atoms with Crippen molar-refractivity contribution in [2.75, 3.05) is 13.7 Å². The van der Waals surface area contributed by atoms with Crippen LogP contribution in [-0.4, -0.2) is 25.8 Å². The Labute approximate surface area is 69.3 Å². The topological polar surface area (TPSA) is 21.3 Å². The van der Waals surface area contributed by atoms with Crippen LogP contribution >= 0.6 is 0 Å². The summed E-state index contributed by atoms with van der Waals surface area (Å²) in [5, 5.41) is 3.33. The number of hydrogen-bond donors (Lipinski definition) is 1. The van der Waals surface area contributed by atoms with Crippen molar-refractivity contribution >= 4 is 0 Å². The van der Waals surface area contributed by atoms with Gasteiger partial charge in [-0.2, -0.15) is 0 Å². The van der Waals surface area contributed by atoms with Gasteiger partial charge in [0.05, 0.1) is 12.7 Å². The maximum atomic E-state index is 5.51. The van der Waals surface area contributed by atoms with E-state index in [1.54, 1.807) is 0 Å². The second-order valence-corrected chi connectivity index (χ2v) is 3.44. The zero-order chi connectivity index (χ0) is 8.27. The summed E-state index contributed by atoms with van der Waals surface area (Å²) in [5.74, 6) is 0.736. The first kappa shape index (κ1) is 9.01. The van der Waals surface area contributed by atoms with Gasteiger partial charge in [-0.25, -0.2) is 0 Å². The molecule has 2 nitrogen and oxygen atoms in total. The second kappa shape index (κ2) is 4.07. The molecule has 0 aromatic heterocycles. The molecule has 1 aliphatic rings. The van der Waals surface area contributed by atoms with Crippen molar-refractivity contribution < 1.29 is 4.74 Å². The van der Waals surface area contributed by atoms with E-state index in [1.165, 1.54) is 12.8 Å². The van der Waals surface area contributed by atoms with Gasteiger partial charge in [0.2, 0.25) is 0 Å². The summed E-state index contributed by atoms with van der Waals surface area (Å²) in [5.41, 5.74) is 0. The molecule has 0 spiro atoms. The fourth-order valence-electron chi connectivity index (χ4n) is 1.90. The van der Waals surface area contributed by atoms with Gasteiger partial charge in [0, 0.05) is 12.0 Å². The van der Waals surface area contributed by atoms with E-state index in [-0.39, 0.29) is 0 Å². The summed E-state index contributed by atoms with van der Waals surface area (Å²) in [6.45, 7) is 5.33. The van der Waals surface area contributed by atoms with Crippen molar-refractivity contribution in [3.05, 3.63) is 0 Å².